The van der Waals surface area contributed by atoms with Crippen molar-refractivity contribution >= 4 is 0 Å². The third-order valence-electron chi connectivity index (χ3n) is 2.87. The van der Waals surface area contributed by atoms with Crippen LogP contribution in [0.5, 0.6) is 0 Å². The molecule has 0 amide bonds. The smallest absolute Gasteiger partial charge is 0.123 e. The van der Waals surface area contributed by atoms with Gasteiger partial charge in [0, 0.05) is 6.42 Å². The number of rotatable bonds is 3. The highest BCUT2D eigenvalue weighted by Gasteiger charge is 2.10. The lowest BCUT2D eigenvalue weighted by atomic mass is 9.98. The van der Waals surface area contributed by atoms with Crippen LogP contribution >= 0.6 is 0 Å². The molecule has 1 N–H and O–H groups in total. The predicted molar refractivity (Wildman–Crippen MR) is 66.2 cm³/mol. The van der Waals surface area contributed by atoms with Gasteiger partial charge < -0.3 is 5.11 Å². The first-order chi connectivity index (χ1) is 8.16. The number of hydrogen-bond donors (Lipinski definition) is 1. The van der Waals surface area contributed by atoms with Crippen molar-refractivity contribution < 1.29 is 9.50 Å². The van der Waals surface area contributed by atoms with E-state index in [2.05, 4.69) is 0 Å². The molecule has 2 rings (SSSR count). The SMILES string of the molecule is Cc1ccccc1C(O)Cc1cccc(F)c1. The van der Waals surface area contributed by atoms with E-state index in [1.54, 1.807) is 6.07 Å². The van der Waals surface area contributed by atoms with Gasteiger partial charge in [-0.1, -0.05) is 36.4 Å². The van der Waals surface area contributed by atoms with Crippen LogP contribution in [-0.2, 0) is 6.42 Å². The molecule has 2 aromatic rings. The van der Waals surface area contributed by atoms with Crippen molar-refractivity contribution in [1.82, 2.24) is 0 Å². The molecule has 88 valence electrons. The summed E-state index contributed by atoms with van der Waals surface area (Å²) in [6.07, 6.45) is -0.152. The van der Waals surface area contributed by atoms with Gasteiger partial charge in [-0.05, 0) is 35.7 Å². The average molecular weight is 230 g/mol. The molecule has 17 heavy (non-hydrogen) atoms. The van der Waals surface area contributed by atoms with Gasteiger partial charge in [0.1, 0.15) is 5.82 Å². The minimum Gasteiger partial charge on any atom is -0.388 e. The highest BCUT2D eigenvalue weighted by atomic mass is 19.1. The highest BCUT2D eigenvalue weighted by Crippen LogP contribution is 2.21. The van der Waals surface area contributed by atoms with E-state index in [1.807, 2.05) is 37.3 Å². The van der Waals surface area contributed by atoms with Gasteiger partial charge in [-0.2, -0.15) is 0 Å². The number of aryl methyl sites for hydroxylation is 1. The summed E-state index contributed by atoms with van der Waals surface area (Å²) >= 11 is 0. The molecule has 0 spiro atoms. The molecular formula is C15H15FO. The van der Waals surface area contributed by atoms with Crippen LogP contribution in [-0.4, -0.2) is 5.11 Å². The van der Waals surface area contributed by atoms with Crippen LogP contribution in [0.15, 0.2) is 48.5 Å². The normalized spacial score (nSPS) is 12.4. The van der Waals surface area contributed by atoms with Crippen LogP contribution < -0.4 is 0 Å². The van der Waals surface area contributed by atoms with E-state index >= 15 is 0 Å². The molecule has 0 aliphatic carbocycles. The Labute approximate surface area is 101 Å². The molecule has 0 saturated heterocycles. The summed E-state index contributed by atoms with van der Waals surface area (Å²) in [4.78, 5) is 0. The van der Waals surface area contributed by atoms with E-state index in [0.717, 1.165) is 16.7 Å². The van der Waals surface area contributed by atoms with E-state index in [1.165, 1.54) is 12.1 Å². The van der Waals surface area contributed by atoms with Gasteiger partial charge >= 0.3 is 0 Å². The summed E-state index contributed by atoms with van der Waals surface area (Å²) in [6.45, 7) is 1.96. The molecule has 0 fully saturated rings. The lowest BCUT2D eigenvalue weighted by molar-refractivity contribution is 0.177. The summed E-state index contributed by atoms with van der Waals surface area (Å²) < 4.78 is 13.0. The lowest BCUT2D eigenvalue weighted by Gasteiger charge is -2.13. The lowest BCUT2D eigenvalue weighted by Crippen LogP contribution is -2.03. The summed E-state index contributed by atoms with van der Waals surface area (Å²) in [5.41, 5.74) is 2.76. The molecule has 2 heteroatoms. The zero-order chi connectivity index (χ0) is 12.3. The molecule has 2 aromatic carbocycles. The predicted octanol–water partition coefficient (Wildman–Crippen LogP) is 3.41. The Hall–Kier alpha value is -1.67. The first kappa shape index (κ1) is 11.8. The van der Waals surface area contributed by atoms with E-state index in [4.69, 9.17) is 0 Å². The van der Waals surface area contributed by atoms with E-state index in [-0.39, 0.29) is 5.82 Å². The molecule has 0 bridgehead atoms. The molecule has 0 aliphatic heterocycles. The van der Waals surface area contributed by atoms with Crippen molar-refractivity contribution in [2.45, 2.75) is 19.4 Å². The van der Waals surface area contributed by atoms with Gasteiger partial charge in [0.25, 0.3) is 0 Å². The fourth-order valence-electron chi connectivity index (χ4n) is 1.96. The summed E-state index contributed by atoms with van der Waals surface area (Å²) in [5.74, 6) is -0.264. The minimum absolute atomic E-state index is 0.264. The van der Waals surface area contributed by atoms with Gasteiger partial charge in [-0.3, -0.25) is 0 Å². The second-order valence-corrected chi connectivity index (χ2v) is 4.21. The summed E-state index contributed by atoms with van der Waals surface area (Å²) in [5, 5.41) is 10.1. The molecule has 0 saturated carbocycles. The molecule has 0 aliphatic rings. The number of hydrogen-bond acceptors (Lipinski definition) is 1. The standard InChI is InChI=1S/C15H15FO/c1-11-5-2-3-8-14(11)15(17)10-12-6-4-7-13(16)9-12/h2-9,15,17H,10H2,1H3. The van der Waals surface area contributed by atoms with Crippen LogP contribution in [0.3, 0.4) is 0 Å². The van der Waals surface area contributed by atoms with E-state index < -0.39 is 6.10 Å². The minimum atomic E-state index is -0.585. The van der Waals surface area contributed by atoms with Gasteiger partial charge in [-0.15, -0.1) is 0 Å². The first-order valence-electron chi connectivity index (χ1n) is 5.65. The Morgan fingerprint density at radius 3 is 2.59 bits per heavy atom. The second kappa shape index (κ2) is 5.11. The average Bonchev–Trinajstić information content (AvgIpc) is 2.29. The van der Waals surface area contributed by atoms with Crippen molar-refractivity contribution in [2.75, 3.05) is 0 Å². The van der Waals surface area contributed by atoms with Crippen molar-refractivity contribution in [3.63, 3.8) is 0 Å². The number of halogens is 1. The first-order valence-corrected chi connectivity index (χ1v) is 5.65. The van der Waals surface area contributed by atoms with Gasteiger partial charge in [0.2, 0.25) is 0 Å². The van der Waals surface area contributed by atoms with Crippen molar-refractivity contribution in [2.24, 2.45) is 0 Å². The summed E-state index contributed by atoms with van der Waals surface area (Å²) in [6, 6.07) is 14.1. The fourth-order valence-corrected chi connectivity index (χ4v) is 1.96. The van der Waals surface area contributed by atoms with Crippen molar-refractivity contribution in [3.8, 4) is 0 Å². The number of benzene rings is 2. The van der Waals surface area contributed by atoms with Gasteiger partial charge in [0.05, 0.1) is 6.10 Å². The zero-order valence-corrected chi connectivity index (χ0v) is 9.73. The molecule has 1 atom stereocenters. The Bertz CT molecular complexity index is 508. The van der Waals surface area contributed by atoms with Crippen LogP contribution in [0.25, 0.3) is 0 Å². The van der Waals surface area contributed by atoms with Crippen LogP contribution in [0, 0.1) is 12.7 Å². The second-order valence-electron chi connectivity index (χ2n) is 4.21. The van der Waals surface area contributed by atoms with Crippen LogP contribution in [0.1, 0.15) is 22.8 Å². The number of aliphatic hydroxyl groups is 1. The molecule has 0 heterocycles. The van der Waals surface area contributed by atoms with E-state index in [0.29, 0.717) is 6.42 Å². The highest BCUT2D eigenvalue weighted by molar-refractivity contribution is 5.29. The molecule has 1 unspecified atom stereocenters. The Morgan fingerprint density at radius 2 is 1.88 bits per heavy atom. The largest absolute Gasteiger partial charge is 0.388 e. The monoisotopic (exact) mass is 230 g/mol. The molecular weight excluding hydrogens is 215 g/mol. The quantitative estimate of drug-likeness (QED) is 0.856. The topological polar surface area (TPSA) is 20.2 Å². The summed E-state index contributed by atoms with van der Waals surface area (Å²) in [7, 11) is 0. The molecule has 0 radical (unpaired) electrons. The Kier molecular flexibility index (Phi) is 3.55. The Morgan fingerprint density at radius 1 is 1.12 bits per heavy atom. The van der Waals surface area contributed by atoms with Gasteiger partial charge in [0.15, 0.2) is 0 Å². The fraction of sp³-hybridized carbons (Fsp3) is 0.200. The van der Waals surface area contributed by atoms with Crippen LogP contribution in [0.2, 0.25) is 0 Å². The van der Waals surface area contributed by atoms with Gasteiger partial charge in [-0.25, -0.2) is 4.39 Å². The maximum Gasteiger partial charge on any atom is 0.123 e. The number of aliphatic hydroxyl groups excluding tert-OH is 1. The molecule has 0 aromatic heterocycles. The van der Waals surface area contributed by atoms with Crippen molar-refractivity contribution in [3.05, 3.63) is 71.0 Å². The maximum absolute atomic E-state index is 13.0. The third kappa shape index (κ3) is 2.92. The maximum atomic E-state index is 13.0. The van der Waals surface area contributed by atoms with Crippen LogP contribution in [0.4, 0.5) is 4.39 Å². The third-order valence-corrected chi connectivity index (χ3v) is 2.87. The van der Waals surface area contributed by atoms with E-state index in [9.17, 15) is 9.50 Å². The van der Waals surface area contributed by atoms with Crippen molar-refractivity contribution in [1.29, 1.82) is 0 Å². The Balaban J connectivity index is 2.17. The molecule has 1 nitrogen and oxygen atoms in total. The zero-order valence-electron chi connectivity index (χ0n) is 9.73.